The third kappa shape index (κ3) is 4.50. The van der Waals surface area contributed by atoms with Crippen LogP contribution in [-0.4, -0.2) is 84.7 Å². The van der Waals surface area contributed by atoms with E-state index in [0.29, 0.717) is 11.9 Å². The van der Waals surface area contributed by atoms with Crippen LogP contribution in [0.5, 0.6) is 0 Å². The van der Waals surface area contributed by atoms with Gasteiger partial charge in [0, 0.05) is 42.6 Å². The Morgan fingerprint density at radius 2 is 1.90 bits per heavy atom. The monoisotopic (exact) mass is 395 g/mol. The molecule has 1 N–H and O–H groups in total. The molecule has 1 aromatic carbocycles. The Kier molecular flexibility index (Phi) is 6.24. The summed E-state index contributed by atoms with van der Waals surface area (Å²) in [6.07, 6.45) is 4.27. The van der Waals surface area contributed by atoms with E-state index in [1.54, 1.807) is 0 Å². The summed E-state index contributed by atoms with van der Waals surface area (Å²) in [6, 6.07) is 8.96. The quantitative estimate of drug-likeness (QED) is 0.790. The van der Waals surface area contributed by atoms with E-state index < -0.39 is 0 Å². The van der Waals surface area contributed by atoms with Crippen molar-refractivity contribution in [1.82, 2.24) is 14.7 Å². The predicted octanol–water partition coefficient (Wildman–Crippen LogP) is 1.76. The highest BCUT2D eigenvalue weighted by Gasteiger charge is 2.50. The Balaban J connectivity index is 1.50. The van der Waals surface area contributed by atoms with Crippen molar-refractivity contribution in [3.05, 3.63) is 35.4 Å². The van der Waals surface area contributed by atoms with Gasteiger partial charge in [-0.2, -0.15) is 0 Å². The first-order chi connectivity index (χ1) is 14.1. The molecule has 156 valence electrons. The van der Waals surface area contributed by atoms with Gasteiger partial charge >= 0.3 is 0 Å². The first-order valence-electron chi connectivity index (χ1n) is 11.0. The smallest absolute Gasteiger partial charge is 0.225 e. The van der Waals surface area contributed by atoms with Gasteiger partial charge in [-0.3, -0.25) is 14.6 Å². The van der Waals surface area contributed by atoms with Crippen LogP contribution in [0.1, 0.15) is 42.7 Å². The van der Waals surface area contributed by atoms with Crippen molar-refractivity contribution in [2.24, 2.45) is 5.92 Å². The van der Waals surface area contributed by atoms with E-state index in [1.165, 1.54) is 5.56 Å². The van der Waals surface area contributed by atoms with Crippen LogP contribution >= 0.6 is 0 Å². The number of benzene rings is 1. The number of rotatable bonds is 4. The number of carbonyl (C=O) groups is 1. The van der Waals surface area contributed by atoms with Crippen molar-refractivity contribution in [3.8, 4) is 11.8 Å². The van der Waals surface area contributed by atoms with E-state index in [0.717, 1.165) is 57.4 Å². The second-order valence-corrected chi connectivity index (χ2v) is 9.01. The number of aliphatic hydroxyl groups is 1. The van der Waals surface area contributed by atoms with Crippen LogP contribution in [0.3, 0.4) is 0 Å². The summed E-state index contributed by atoms with van der Waals surface area (Å²) in [5.41, 5.74) is 2.28. The van der Waals surface area contributed by atoms with E-state index in [1.807, 2.05) is 14.1 Å². The van der Waals surface area contributed by atoms with Gasteiger partial charge in [0.2, 0.25) is 5.91 Å². The SMILES string of the molecule is CN(C)CC#Cc1ccc([C@@H]2[C@@H](CO)N3CCCCN(C(=O)C4CC4)C[C@@H]23)cc1. The Labute approximate surface area is 174 Å². The van der Waals surface area contributed by atoms with Crippen LogP contribution in [0.25, 0.3) is 0 Å². The summed E-state index contributed by atoms with van der Waals surface area (Å²) >= 11 is 0. The van der Waals surface area contributed by atoms with Crippen molar-refractivity contribution in [2.45, 2.75) is 43.7 Å². The molecule has 3 atom stereocenters. The Bertz CT molecular complexity index is 776. The molecule has 5 heteroatoms. The fourth-order valence-corrected chi connectivity index (χ4v) is 4.82. The highest BCUT2D eigenvalue weighted by Crippen LogP contribution is 2.42. The third-order valence-electron chi connectivity index (χ3n) is 6.53. The molecule has 2 saturated heterocycles. The van der Waals surface area contributed by atoms with Gasteiger partial charge in [0.1, 0.15) is 0 Å². The zero-order valence-electron chi connectivity index (χ0n) is 17.7. The first-order valence-corrected chi connectivity index (χ1v) is 11.0. The summed E-state index contributed by atoms with van der Waals surface area (Å²) in [5, 5.41) is 10.1. The number of fused-ring (bicyclic) bond motifs is 1. The van der Waals surface area contributed by atoms with Crippen LogP contribution in [0, 0.1) is 17.8 Å². The lowest BCUT2D eigenvalue weighted by Gasteiger charge is -2.57. The fourth-order valence-electron chi connectivity index (χ4n) is 4.82. The second kappa shape index (κ2) is 8.87. The van der Waals surface area contributed by atoms with Crippen LogP contribution in [-0.2, 0) is 4.79 Å². The molecule has 4 rings (SSSR count). The minimum atomic E-state index is 0.154. The molecule has 0 radical (unpaired) electrons. The van der Waals surface area contributed by atoms with Gasteiger partial charge in [0.25, 0.3) is 0 Å². The molecular formula is C24H33N3O2. The largest absolute Gasteiger partial charge is 0.395 e. The highest BCUT2D eigenvalue weighted by molar-refractivity contribution is 5.81. The topological polar surface area (TPSA) is 47.0 Å². The van der Waals surface area contributed by atoms with Crippen molar-refractivity contribution >= 4 is 5.91 Å². The standard InChI is InChI=1S/C24H33N3O2/c1-25(2)13-5-6-18-7-9-19(10-8-18)23-21-16-26(24(29)20-11-12-20)14-3-4-15-27(21)22(23)17-28/h7-10,20-23,28H,3-4,11-17H2,1-2H3/t21-,22+,23-/m0/s1. The normalized spacial score (nSPS) is 27.3. The molecule has 0 aromatic heterocycles. The van der Waals surface area contributed by atoms with E-state index in [4.69, 9.17) is 0 Å². The number of hydrogen-bond acceptors (Lipinski definition) is 4. The van der Waals surface area contributed by atoms with Crippen molar-refractivity contribution in [3.63, 3.8) is 0 Å². The maximum atomic E-state index is 12.7. The highest BCUT2D eigenvalue weighted by atomic mass is 16.3. The Morgan fingerprint density at radius 1 is 1.17 bits per heavy atom. The number of carbonyl (C=O) groups excluding carboxylic acids is 1. The lowest BCUT2D eigenvalue weighted by atomic mass is 9.74. The Morgan fingerprint density at radius 3 is 2.55 bits per heavy atom. The molecule has 0 bridgehead atoms. The molecule has 1 aliphatic carbocycles. The third-order valence-corrected chi connectivity index (χ3v) is 6.53. The average molecular weight is 396 g/mol. The average Bonchev–Trinajstić information content (AvgIpc) is 3.52. The molecule has 29 heavy (non-hydrogen) atoms. The molecule has 1 amide bonds. The number of nitrogens with zero attached hydrogens (tertiary/aromatic N) is 3. The van der Waals surface area contributed by atoms with Crippen LogP contribution in [0.15, 0.2) is 24.3 Å². The molecule has 0 spiro atoms. The maximum absolute atomic E-state index is 12.7. The molecule has 5 nitrogen and oxygen atoms in total. The van der Waals surface area contributed by atoms with Gasteiger partial charge in [-0.1, -0.05) is 24.0 Å². The first kappa shape index (κ1) is 20.4. The van der Waals surface area contributed by atoms with Gasteiger partial charge in [-0.05, 0) is 64.0 Å². The van der Waals surface area contributed by atoms with Gasteiger partial charge in [-0.25, -0.2) is 0 Å². The second-order valence-electron chi connectivity index (χ2n) is 9.01. The van der Waals surface area contributed by atoms with Crippen molar-refractivity contribution in [1.29, 1.82) is 0 Å². The summed E-state index contributed by atoms with van der Waals surface area (Å²) in [6.45, 7) is 3.62. The molecule has 3 fully saturated rings. The molecule has 3 aliphatic rings. The van der Waals surface area contributed by atoms with Gasteiger partial charge in [0.05, 0.1) is 13.2 Å². The summed E-state index contributed by atoms with van der Waals surface area (Å²) < 4.78 is 0. The fraction of sp³-hybridized carbons (Fsp3) is 0.625. The van der Waals surface area contributed by atoms with E-state index in [2.05, 4.69) is 50.8 Å². The minimum absolute atomic E-state index is 0.154. The molecule has 0 unspecified atom stereocenters. The van der Waals surface area contributed by atoms with Gasteiger partial charge in [0.15, 0.2) is 0 Å². The molecule has 1 aromatic rings. The molecule has 2 heterocycles. The lowest BCUT2D eigenvalue weighted by Crippen LogP contribution is -2.68. The van der Waals surface area contributed by atoms with Crippen LogP contribution < -0.4 is 0 Å². The van der Waals surface area contributed by atoms with Crippen molar-refractivity contribution in [2.75, 3.05) is 46.9 Å². The number of aliphatic hydroxyl groups excluding tert-OH is 1. The number of hydrogen-bond donors (Lipinski definition) is 1. The minimum Gasteiger partial charge on any atom is -0.395 e. The van der Waals surface area contributed by atoms with E-state index >= 15 is 0 Å². The summed E-state index contributed by atoms with van der Waals surface area (Å²) in [4.78, 5) is 19.3. The zero-order valence-corrected chi connectivity index (χ0v) is 17.7. The summed E-state index contributed by atoms with van der Waals surface area (Å²) in [5.74, 6) is 7.29. The zero-order chi connectivity index (χ0) is 20.4. The summed E-state index contributed by atoms with van der Waals surface area (Å²) in [7, 11) is 4.03. The predicted molar refractivity (Wildman–Crippen MR) is 115 cm³/mol. The molecule has 2 aliphatic heterocycles. The number of amides is 1. The van der Waals surface area contributed by atoms with Crippen molar-refractivity contribution < 1.29 is 9.90 Å². The lowest BCUT2D eigenvalue weighted by molar-refractivity contribution is -0.137. The van der Waals surface area contributed by atoms with E-state index in [9.17, 15) is 9.90 Å². The van der Waals surface area contributed by atoms with Crippen LogP contribution in [0.2, 0.25) is 0 Å². The molecule has 1 saturated carbocycles. The Hall–Kier alpha value is -1.87. The molecular weight excluding hydrogens is 362 g/mol. The maximum Gasteiger partial charge on any atom is 0.225 e. The van der Waals surface area contributed by atoms with Gasteiger partial charge < -0.3 is 10.0 Å². The van der Waals surface area contributed by atoms with Gasteiger partial charge in [-0.15, -0.1) is 0 Å². The van der Waals surface area contributed by atoms with Crippen LogP contribution in [0.4, 0.5) is 0 Å². The van der Waals surface area contributed by atoms with E-state index in [-0.39, 0.29) is 24.5 Å².